The average Bonchev–Trinajstić information content (AvgIpc) is 3.35. The molecule has 182 valence electrons. The van der Waals surface area contributed by atoms with Crippen molar-refractivity contribution >= 4 is 21.4 Å². The van der Waals surface area contributed by atoms with Crippen LogP contribution in [0.3, 0.4) is 0 Å². The summed E-state index contributed by atoms with van der Waals surface area (Å²) in [5, 5.41) is 13.3. The summed E-state index contributed by atoms with van der Waals surface area (Å²) in [6.07, 6.45) is -0.964. The van der Waals surface area contributed by atoms with Crippen molar-refractivity contribution < 1.29 is 14.2 Å². The minimum atomic E-state index is -0.964. The molecule has 4 nitrogen and oxygen atoms in total. The second-order valence-corrected chi connectivity index (χ2v) is 9.97. The first-order chi connectivity index (χ1) is 17.2. The molecule has 1 N–H and O–H groups in total. The minimum Gasteiger partial charge on any atom is -0.386 e. The van der Waals surface area contributed by atoms with Gasteiger partial charge in [0, 0.05) is 43.0 Å². The predicted octanol–water partition coefficient (Wildman–Crippen LogP) is 5.50. The first-order valence-corrected chi connectivity index (χ1v) is 13.1. The molecule has 0 saturated carbocycles. The quantitative estimate of drug-likeness (QED) is 0.315. The number of halogens is 1. The number of thiophene rings is 1. The van der Waals surface area contributed by atoms with Crippen molar-refractivity contribution in [1.82, 2.24) is 9.80 Å². The molecule has 1 fully saturated rings. The molecule has 0 radical (unpaired) electrons. The number of benzene rings is 3. The number of hydrogen-bond donors (Lipinski definition) is 1. The standard InChI is InChI=1S/C29H31FN2O2S/c30-26-20-28-24(11-18-35-28)19-25(26)27(33)21-34-17-16-31-12-14-32(15-13-31)29(22-7-3-1-4-8-22)23-9-5-2-6-10-23/h1-11,18-20,27,29,33H,12-17,21H2. The van der Waals surface area contributed by atoms with Crippen LogP contribution in [0.15, 0.2) is 84.2 Å². The monoisotopic (exact) mass is 490 g/mol. The maximum absolute atomic E-state index is 14.4. The molecule has 0 spiro atoms. The molecular formula is C29H31FN2O2S. The van der Waals surface area contributed by atoms with Gasteiger partial charge in [0.25, 0.3) is 0 Å². The van der Waals surface area contributed by atoms with E-state index in [0.717, 1.165) is 42.8 Å². The Hall–Kier alpha value is -2.61. The fourth-order valence-corrected chi connectivity index (χ4v) is 5.66. The lowest BCUT2D eigenvalue weighted by molar-refractivity contribution is 0.0171. The molecule has 0 bridgehead atoms. The minimum absolute atomic E-state index is 0.0939. The third kappa shape index (κ3) is 5.80. The van der Waals surface area contributed by atoms with E-state index in [-0.39, 0.29) is 18.5 Å². The number of piperazine rings is 1. The van der Waals surface area contributed by atoms with E-state index in [1.54, 1.807) is 6.07 Å². The summed E-state index contributed by atoms with van der Waals surface area (Å²) in [6, 6.07) is 26.8. The summed E-state index contributed by atoms with van der Waals surface area (Å²) < 4.78 is 21.0. The van der Waals surface area contributed by atoms with Crippen molar-refractivity contribution in [2.75, 3.05) is 45.9 Å². The number of ether oxygens (including phenoxy) is 1. The Bertz CT molecular complexity index is 1170. The van der Waals surface area contributed by atoms with Crippen molar-refractivity contribution in [2.24, 2.45) is 0 Å². The average molecular weight is 491 g/mol. The highest BCUT2D eigenvalue weighted by Gasteiger charge is 2.26. The fourth-order valence-electron chi connectivity index (χ4n) is 4.87. The van der Waals surface area contributed by atoms with E-state index in [0.29, 0.717) is 12.2 Å². The van der Waals surface area contributed by atoms with Gasteiger partial charge in [0.2, 0.25) is 0 Å². The summed E-state index contributed by atoms with van der Waals surface area (Å²) in [5.41, 5.74) is 2.94. The van der Waals surface area contributed by atoms with Gasteiger partial charge < -0.3 is 9.84 Å². The molecule has 0 amide bonds. The zero-order valence-electron chi connectivity index (χ0n) is 19.7. The highest BCUT2D eigenvalue weighted by molar-refractivity contribution is 7.17. The van der Waals surface area contributed by atoms with Gasteiger partial charge in [-0.3, -0.25) is 9.80 Å². The Morgan fingerprint density at radius 3 is 2.20 bits per heavy atom. The lowest BCUT2D eigenvalue weighted by atomic mass is 9.96. The molecule has 1 unspecified atom stereocenters. The van der Waals surface area contributed by atoms with E-state index in [9.17, 15) is 9.50 Å². The maximum Gasteiger partial charge on any atom is 0.130 e. The van der Waals surface area contributed by atoms with E-state index in [2.05, 4.69) is 70.5 Å². The van der Waals surface area contributed by atoms with Crippen LogP contribution in [-0.2, 0) is 4.74 Å². The van der Waals surface area contributed by atoms with Crippen molar-refractivity contribution in [3.8, 4) is 0 Å². The van der Waals surface area contributed by atoms with Gasteiger partial charge in [-0.1, -0.05) is 60.7 Å². The highest BCUT2D eigenvalue weighted by atomic mass is 32.1. The number of fused-ring (bicyclic) bond motifs is 1. The van der Waals surface area contributed by atoms with Crippen LogP contribution in [0.1, 0.15) is 28.8 Å². The zero-order chi connectivity index (χ0) is 24.0. The normalized spacial score (nSPS) is 16.2. The molecule has 3 aromatic carbocycles. The Kier molecular flexibility index (Phi) is 7.86. The summed E-state index contributed by atoms with van der Waals surface area (Å²) in [7, 11) is 0. The lowest BCUT2D eigenvalue weighted by Gasteiger charge is -2.39. The molecule has 0 aliphatic carbocycles. The van der Waals surface area contributed by atoms with Gasteiger partial charge in [0.05, 0.1) is 19.3 Å². The third-order valence-electron chi connectivity index (χ3n) is 6.76. The number of aliphatic hydroxyl groups excluding tert-OH is 1. The molecule has 5 rings (SSSR count). The smallest absolute Gasteiger partial charge is 0.130 e. The van der Waals surface area contributed by atoms with Crippen LogP contribution in [0, 0.1) is 5.82 Å². The van der Waals surface area contributed by atoms with E-state index >= 15 is 0 Å². The number of hydrogen-bond acceptors (Lipinski definition) is 5. The zero-order valence-corrected chi connectivity index (χ0v) is 20.5. The SMILES string of the molecule is OC(COCCN1CCN(C(c2ccccc2)c2ccccc2)CC1)c1cc2ccsc2cc1F. The summed E-state index contributed by atoms with van der Waals surface area (Å²) in [4.78, 5) is 4.95. The number of aliphatic hydroxyl groups is 1. The highest BCUT2D eigenvalue weighted by Crippen LogP contribution is 2.30. The fraction of sp³-hybridized carbons (Fsp3) is 0.310. The summed E-state index contributed by atoms with van der Waals surface area (Å²) in [6.45, 7) is 5.29. The molecule has 1 saturated heterocycles. The van der Waals surface area contributed by atoms with Gasteiger partial charge in [-0.05, 0) is 40.1 Å². The predicted molar refractivity (Wildman–Crippen MR) is 140 cm³/mol. The molecule has 4 aromatic rings. The van der Waals surface area contributed by atoms with Gasteiger partial charge in [0.1, 0.15) is 11.9 Å². The number of nitrogens with zero attached hydrogens (tertiary/aromatic N) is 2. The van der Waals surface area contributed by atoms with Gasteiger partial charge in [-0.15, -0.1) is 11.3 Å². The topological polar surface area (TPSA) is 35.9 Å². The van der Waals surface area contributed by atoms with Crippen LogP contribution in [0.2, 0.25) is 0 Å². The second kappa shape index (κ2) is 11.4. The van der Waals surface area contributed by atoms with Gasteiger partial charge in [-0.2, -0.15) is 0 Å². The Balaban J connectivity index is 1.11. The van der Waals surface area contributed by atoms with E-state index in [1.807, 2.05) is 11.4 Å². The summed E-state index contributed by atoms with van der Waals surface area (Å²) >= 11 is 1.50. The van der Waals surface area contributed by atoms with Crippen molar-refractivity contribution in [3.05, 3.63) is 107 Å². The lowest BCUT2D eigenvalue weighted by Crippen LogP contribution is -2.48. The van der Waals surface area contributed by atoms with Gasteiger partial charge in [-0.25, -0.2) is 4.39 Å². The van der Waals surface area contributed by atoms with Gasteiger partial charge in [0.15, 0.2) is 0 Å². The maximum atomic E-state index is 14.4. The molecule has 1 atom stereocenters. The van der Waals surface area contributed by atoms with Crippen LogP contribution < -0.4 is 0 Å². The Labute approximate surface area is 210 Å². The van der Waals surface area contributed by atoms with Crippen LogP contribution in [-0.4, -0.2) is 60.8 Å². The first kappa shape index (κ1) is 24.1. The number of rotatable bonds is 9. The van der Waals surface area contributed by atoms with Crippen molar-refractivity contribution in [1.29, 1.82) is 0 Å². The molecule has 1 aliphatic rings. The molecule has 6 heteroatoms. The van der Waals surface area contributed by atoms with Crippen LogP contribution in [0.5, 0.6) is 0 Å². The molecule has 1 aromatic heterocycles. The Morgan fingerprint density at radius 1 is 0.886 bits per heavy atom. The van der Waals surface area contributed by atoms with E-state index in [4.69, 9.17) is 4.74 Å². The van der Waals surface area contributed by atoms with Crippen molar-refractivity contribution in [2.45, 2.75) is 12.1 Å². The molecule has 2 heterocycles. The van der Waals surface area contributed by atoms with Crippen LogP contribution in [0.25, 0.3) is 10.1 Å². The largest absolute Gasteiger partial charge is 0.386 e. The molecule has 35 heavy (non-hydrogen) atoms. The van der Waals surface area contributed by atoms with Crippen LogP contribution in [0.4, 0.5) is 4.39 Å². The molecular weight excluding hydrogens is 459 g/mol. The third-order valence-corrected chi connectivity index (χ3v) is 7.64. The first-order valence-electron chi connectivity index (χ1n) is 12.2. The Morgan fingerprint density at radius 2 is 1.54 bits per heavy atom. The van der Waals surface area contributed by atoms with Gasteiger partial charge >= 0.3 is 0 Å². The van der Waals surface area contributed by atoms with E-state index in [1.165, 1.54) is 28.5 Å². The second-order valence-electron chi connectivity index (χ2n) is 9.02. The van der Waals surface area contributed by atoms with E-state index < -0.39 is 6.10 Å². The van der Waals surface area contributed by atoms with Crippen molar-refractivity contribution in [3.63, 3.8) is 0 Å². The molecule has 1 aliphatic heterocycles. The van der Waals surface area contributed by atoms with Crippen LogP contribution >= 0.6 is 11.3 Å². The summed E-state index contributed by atoms with van der Waals surface area (Å²) in [5.74, 6) is -0.376.